The lowest BCUT2D eigenvalue weighted by Gasteiger charge is -2.30. The van der Waals surface area contributed by atoms with E-state index in [1.54, 1.807) is 24.3 Å². The number of benzene rings is 2. The molecule has 1 unspecified atom stereocenters. The molecule has 0 spiro atoms. The number of amides is 1. The van der Waals surface area contributed by atoms with Gasteiger partial charge in [-0.25, -0.2) is 0 Å². The summed E-state index contributed by atoms with van der Waals surface area (Å²) in [5.74, 6) is -0.195. The first-order chi connectivity index (χ1) is 12.8. The molecule has 0 radical (unpaired) electrons. The van der Waals surface area contributed by atoms with E-state index in [1.165, 1.54) is 0 Å². The van der Waals surface area contributed by atoms with Crippen LogP contribution < -0.4 is 20.9 Å². The van der Waals surface area contributed by atoms with Crippen molar-refractivity contribution in [3.63, 3.8) is 0 Å². The molecule has 1 heterocycles. The minimum atomic E-state index is -0.331. The lowest BCUT2D eigenvalue weighted by atomic mass is 9.94. The number of nitrogens with zero attached hydrogens (tertiary/aromatic N) is 1. The number of hydrogen-bond donors (Lipinski definition) is 3. The van der Waals surface area contributed by atoms with Crippen molar-refractivity contribution < 1.29 is 4.79 Å². The van der Waals surface area contributed by atoms with Gasteiger partial charge in [0.05, 0.1) is 11.6 Å². The molecule has 0 aromatic heterocycles. The van der Waals surface area contributed by atoms with Crippen LogP contribution in [-0.2, 0) is 4.79 Å². The Kier molecular flexibility index (Phi) is 5.68. The molecular formula is C20H21ClN4OS. The first kappa shape index (κ1) is 19.2. The predicted molar refractivity (Wildman–Crippen MR) is 115 cm³/mol. The second-order valence-corrected chi connectivity index (χ2v) is 7.36. The Labute approximate surface area is 169 Å². The van der Waals surface area contributed by atoms with Gasteiger partial charge in [0.25, 0.3) is 5.91 Å². The smallest absolute Gasteiger partial charge is 0.255 e. The maximum Gasteiger partial charge on any atom is 0.255 e. The number of anilines is 2. The van der Waals surface area contributed by atoms with Gasteiger partial charge in [0.1, 0.15) is 0 Å². The summed E-state index contributed by atoms with van der Waals surface area (Å²) >= 11 is 11.2. The quantitative estimate of drug-likeness (QED) is 0.681. The molecule has 2 aromatic rings. The fourth-order valence-electron chi connectivity index (χ4n) is 2.94. The van der Waals surface area contributed by atoms with Crippen LogP contribution in [0, 0.1) is 0 Å². The van der Waals surface area contributed by atoms with Gasteiger partial charge >= 0.3 is 0 Å². The van der Waals surface area contributed by atoms with Gasteiger partial charge in [-0.15, -0.1) is 0 Å². The first-order valence-corrected chi connectivity index (χ1v) is 9.26. The third kappa shape index (κ3) is 4.40. The molecule has 1 aliphatic rings. The van der Waals surface area contributed by atoms with E-state index in [9.17, 15) is 4.79 Å². The van der Waals surface area contributed by atoms with E-state index in [0.29, 0.717) is 21.4 Å². The van der Waals surface area contributed by atoms with Gasteiger partial charge in [0.2, 0.25) is 0 Å². The van der Waals surface area contributed by atoms with E-state index in [0.717, 1.165) is 16.9 Å². The molecule has 0 bridgehead atoms. The zero-order valence-corrected chi connectivity index (χ0v) is 16.9. The Hall–Kier alpha value is -2.57. The normalized spacial score (nSPS) is 16.4. The second-order valence-electron chi connectivity index (χ2n) is 6.52. The maximum atomic E-state index is 13.0. The van der Waals surface area contributed by atoms with Gasteiger partial charge < -0.3 is 20.9 Å². The lowest BCUT2D eigenvalue weighted by Crippen LogP contribution is -2.45. The summed E-state index contributed by atoms with van der Waals surface area (Å²) in [7, 11) is 3.98. The lowest BCUT2D eigenvalue weighted by molar-refractivity contribution is -0.113. The van der Waals surface area contributed by atoms with Crippen molar-refractivity contribution in [1.82, 2.24) is 10.6 Å². The summed E-state index contributed by atoms with van der Waals surface area (Å²) in [6, 6.07) is 14.7. The second kappa shape index (κ2) is 7.98. The van der Waals surface area contributed by atoms with E-state index in [4.69, 9.17) is 23.8 Å². The monoisotopic (exact) mass is 400 g/mol. The summed E-state index contributed by atoms with van der Waals surface area (Å²) in [6.45, 7) is 1.85. The summed E-state index contributed by atoms with van der Waals surface area (Å²) in [5, 5.41) is 10.3. The van der Waals surface area contributed by atoms with Gasteiger partial charge in [-0.3, -0.25) is 4.79 Å². The molecule has 2 aromatic carbocycles. The highest BCUT2D eigenvalue weighted by atomic mass is 35.5. The van der Waals surface area contributed by atoms with Crippen molar-refractivity contribution in [1.29, 1.82) is 0 Å². The van der Waals surface area contributed by atoms with Crippen molar-refractivity contribution >= 4 is 46.2 Å². The molecule has 0 saturated heterocycles. The van der Waals surface area contributed by atoms with Crippen molar-refractivity contribution in [3.05, 3.63) is 70.4 Å². The van der Waals surface area contributed by atoms with E-state index in [1.807, 2.05) is 50.2 Å². The fraction of sp³-hybridized carbons (Fsp3) is 0.200. The van der Waals surface area contributed by atoms with E-state index < -0.39 is 0 Å². The molecule has 7 heteroatoms. The summed E-state index contributed by atoms with van der Waals surface area (Å²) in [4.78, 5) is 15.0. The number of rotatable bonds is 4. The van der Waals surface area contributed by atoms with Gasteiger partial charge in [-0.05, 0) is 61.1 Å². The summed E-state index contributed by atoms with van der Waals surface area (Å²) in [6.07, 6.45) is 0. The zero-order chi connectivity index (χ0) is 19.6. The van der Waals surface area contributed by atoms with Crippen LogP contribution in [-0.4, -0.2) is 25.1 Å². The van der Waals surface area contributed by atoms with Crippen LogP contribution >= 0.6 is 23.8 Å². The third-order valence-corrected chi connectivity index (χ3v) is 4.83. The Balaban J connectivity index is 1.91. The van der Waals surface area contributed by atoms with Crippen LogP contribution in [0.1, 0.15) is 18.5 Å². The van der Waals surface area contributed by atoms with Crippen LogP contribution in [0.3, 0.4) is 0 Å². The molecule has 0 fully saturated rings. The number of hydrogen-bond acceptors (Lipinski definition) is 3. The van der Waals surface area contributed by atoms with Crippen LogP contribution in [0.15, 0.2) is 59.8 Å². The average Bonchev–Trinajstić information content (AvgIpc) is 2.63. The van der Waals surface area contributed by atoms with Crippen LogP contribution in [0.2, 0.25) is 5.02 Å². The van der Waals surface area contributed by atoms with Crippen molar-refractivity contribution in [2.45, 2.75) is 13.0 Å². The number of nitrogens with one attached hydrogen (secondary N) is 3. The van der Waals surface area contributed by atoms with E-state index in [-0.39, 0.29) is 11.9 Å². The van der Waals surface area contributed by atoms with Crippen LogP contribution in [0.25, 0.3) is 0 Å². The van der Waals surface area contributed by atoms with Crippen LogP contribution in [0.4, 0.5) is 11.4 Å². The van der Waals surface area contributed by atoms with Crippen molar-refractivity contribution in [2.75, 3.05) is 24.3 Å². The van der Waals surface area contributed by atoms with Gasteiger partial charge in [-0.2, -0.15) is 0 Å². The van der Waals surface area contributed by atoms with E-state index in [2.05, 4.69) is 16.0 Å². The molecule has 0 aliphatic carbocycles. The Morgan fingerprint density at radius 2 is 1.74 bits per heavy atom. The number of thiocarbonyl (C=S) groups is 1. The molecule has 27 heavy (non-hydrogen) atoms. The zero-order valence-electron chi connectivity index (χ0n) is 15.3. The highest BCUT2D eigenvalue weighted by Gasteiger charge is 2.29. The minimum absolute atomic E-state index is 0.195. The SMILES string of the molecule is CC1=C(C(=O)Nc2ccc(Cl)cc2)C(c2ccc(N(C)C)cc2)NC(=S)N1. The number of carbonyl (C=O) groups is 1. The van der Waals surface area contributed by atoms with Crippen LogP contribution in [0.5, 0.6) is 0 Å². The summed E-state index contributed by atoms with van der Waals surface area (Å²) < 4.78 is 0. The minimum Gasteiger partial charge on any atom is -0.378 e. The van der Waals surface area contributed by atoms with E-state index >= 15 is 0 Å². The molecule has 1 aliphatic heterocycles. The third-order valence-electron chi connectivity index (χ3n) is 4.36. The highest BCUT2D eigenvalue weighted by Crippen LogP contribution is 2.29. The van der Waals surface area contributed by atoms with Gasteiger partial charge in [-0.1, -0.05) is 23.7 Å². The molecule has 1 atom stereocenters. The topological polar surface area (TPSA) is 56.4 Å². The molecule has 5 nitrogen and oxygen atoms in total. The van der Waals surface area contributed by atoms with Crippen molar-refractivity contribution in [2.24, 2.45) is 0 Å². The summed E-state index contributed by atoms with van der Waals surface area (Å²) in [5.41, 5.74) is 4.05. The molecule has 3 rings (SSSR count). The molecule has 0 saturated carbocycles. The Morgan fingerprint density at radius 1 is 1.11 bits per heavy atom. The maximum absolute atomic E-state index is 13.0. The molecule has 3 N–H and O–H groups in total. The van der Waals surface area contributed by atoms with Gasteiger partial charge in [0.15, 0.2) is 5.11 Å². The number of halogens is 1. The number of allylic oxidation sites excluding steroid dienone is 1. The highest BCUT2D eigenvalue weighted by molar-refractivity contribution is 7.80. The van der Waals surface area contributed by atoms with Crippen molar-refractivity contribution in [3.8, 4) is 0 Å². The average molecular weight is 401 g/mol. The fourth-order valence-corrected chi connectivity index (χ4v) is 3.34. The first-order valence-electron chi connectivity index (χ1n) is 8.47. The molecular weight excluding hydrogens is 380 g/mol. The Morgan fingerprint density at radius 3 is 2.33 bits per heavy atom. The largest absolute Gasteiger partial charge is 0.378 e. The predicted octanol–water partition coefficient (Wildman–Crippen LogP) is 3.84. The van der Waals surface area contributed by atoms with Gasteiger partial charge in [0, 0.05) is 36.2 Å². The number of carbonyl (C=O) groups excluding carboxylic acids is 1. The Bertz CT molecular complexity index is 891. The standard InChI is InChI=1S/C20H21ClN4OS/c1-12-17(19(26)23-15-8-6-14(21)7-9-15)18(24-20(27)22-12)13-4-10-16(11-5-13)25(2)3/h4-11,18H,1-3H3,(H,23,26)(H2,22,24,27). The molecule has 1 amide bonds. The molecule has 140 valence electrons.